The maximum absolute atomic E-state index is 5.13. The maximum atomic E-state index is 5.13. The zero-order chi connectivity index (χ0) is 28.4. The van der Waals surface area contributed by atoms with Crippen molar-refractivity contribution in [2.45, 2.75) is 12.6 Å². The van der Waals surface area contributed by atoms with E-state index in [-0.39, 0.29) is 0 Å². The Labute approximate surface area is 252 Å². The maximum Gasteiger partial charge on any atom is 0.0456 e. The van der Waals surface area contributed by atoms with Crippen molar-refractivity contribution in [2.75, 3.05) is 11.9 Å². The normalized spacial score (nSPS) is 11.1. The molecule has 0 atom stereocenters. The van der Waals surface area contributed by atoms with Crippen molar-refractivity contribution in [2.24, 2.45) is 0 Å². The summed E-state index contributed by atoms with van der Waals surface area (Å²) in [6, 6.07) is 58.8. The lowest BCUT2D eigenvalue weighted by Crippen LogP contribution is -2.23. The minimum absolute atomic E-state index is 0.521. The van der Waals surface area contributed by atoms with Gasteiger partial charge in [-0.1, -0.05) is 146 Å². The van der Waals surface area contributed by atoms with Crippen LogP contribution in [-0.2, 0) is 12.6 Å². The van der Waals surface area contributed by atoms with Crippen LogP contribution in [-0.4, -0.2) is 11.5 Å². The van der Waals surface area contributed by atoms with Crippen LogP contribution >= 0.6 is 15.8 Å². The van der Waals surface area contributed by atoms with E-state index in [1.165, 1.54) is 32.2 Å². The van der Waals surface area contributed by atoms with Crippen molar-refractivity contribution in [3.63, 3.8) is 0 Å². The number of hydrogen-bond acceptors (Lipinski definition) is 2. The molecule has 0 radical (unpaired) electrons. The Morgan fingerprint density at radius 1 is 0.452 bits per heavy atom. The molecule has 6 rings (SSSR count). The predicted molar refractivity (Wildman–Crippen MR) is 184 cm³/mol. The molecule has 0 unspecified atom stereocenters. The minimum Gasteiger partial charge on any atom is -0.384 e. The molecule has 0 saturated heterocycles. The molecule has 0 saturated carbocycles. The van der Waals surface area contributed by atoms with E-state index in [0.717, 1.165) is 30.5 Å². The highest BCUT2D eigenvalue weighted by atomic mass is 31.1. The minimum atomic E-state index is -0.673. The molecule has 0 aliphatic heterocycles. The lowest BCUT2D eigenvalue weighted by molar-refractivity contribution is 0.943. The molecule has 0 fully saturated rings. The molecule has 1 heterocycles. The van der Waals surface area contributed by atoms with Gasteiger partial charge in [-0.25, -0.2) is 0 Å². The number of pyridine rings is 1. The fraction of sp³-hybridized carbons (Fsp3) is 0.0789. The van der Waals surface area contributed by atoms with Gasteiger partial charge in [-0.15, -0.1) is 0 Å². The van der Waals surface area contributed by atoms with Crippen LogP contribution in [0.1, 0.15) is 11.4 Å². The molecule has 0 spiro atoms. The molecule has 1 aromatic heterocycles. The first-order valence-electron chi connectivity index (χ1n) is 14.4. The van der Waals surface area contributed by atoms with Gasteiger partial charge in [0.1, 0.15) is 0 Å². The highest BCUT2D eigenvalue weighted by molar-refractivity contribution is 7.80. The summed E-state index contributed by atoms with van der Waals surface area (Å²) in [6.07, 6.45) is 1.80. The summed E-state index contributed by atoms with van der Waals surface area (Å²) >= 11 is 0. The standard InChI is InChI=1S/C38H34N2P2/c1-5-18-33(19-6-1)41(34-20-7-2-8-21-34)30-32-17-15-16-31(40-32)28-29-39-37-26-13-14-27-38(37)42(35-22-9-3-10-23-35)36-24-11-4-12-25-36/h1-27,39H,28-30H2. The van der Waals surface area contributed by atoms with Crippen LogP contribution in [0.3, 0.4) is 0 Å². The number of rotatable bonds is 11. The number of nitrogens with zero attached hydrogens (tertiary/aromatic N) is 1. The summed E-state index contributed by atoms with van der Waals surface area (Å²) in [4.78, 5) is 5.13. The molecule has 0 amide bonds. The van der Waals surface area contributed by atoms with E-state index >= 15 is 0 Å². The first kappa shape index (κ1) is 28.0. The zero-order valence-corrected chi connectivity index (χ0v) is 25.3. The Bertz CT molecular complexity index is 1600. The van der Waals surface area contributed by atoms with Crippen molar-refractivity contribution >= 4 is 48.1 Å². The smallest absolute Gasteiger partial charge is 0.0456 e. The monoisotopic (exact) mass is 580 g/mol. The fourth-order valence-electron chi connectivity index (χ4n) is 5.19. The number of nitrogens with one attached hydrogen (secondary N) is 1. The highest BCUT2D eigenvalue weighted by Gasteiger charge is 2.19. The van der Waals surface area contributed by atoms with Crippen molar-refractivity contribution in [1.29, 1.82) is 0 Å². The van der Waals surface area contributed by atoms with Gasteiger partial charge in [0.25, 0.3) is 0 Å². The molecule has 0 aliphatic rings. The topological polar surface area (TPSA) is 24.9 Å². The summed E-state index contributed by atoms with van der Waals surface area (Å²) in [5.74, 6) is 0. The third kappa shape index (κ3) is 7.03. The van der Waals surface area contributed by atoms with Crippen LogP contribution in [0.15, 0.2) is 164 Å². The first-order valence-corrected chi connectivity index (χ1v) is 17.3. The van der Waals surface area contributed by atoms with Crippen LogP contribution in [0.5, 0.6) is 0 Å². The number of aromatic nitrogens is 1. The van der Waals surface area contributed by atoms with Crippen LogP contribution < -0.4 is 31.8 Å². The summed E-state index contributed by atoms with van der Waals surface area (Å²) in [5.41, 5.74) is 3.48. The Hall–Kier alpha value is -4.09. The largest absolute Gasteiger partial charge is 0.384 e. The van der Waals surface area contributed by atoms with E-state index < -0.39 is 15.8 Å². The number of benzene rings is 5. The molecule has 5 aromatic carbocycles. The second kappa shape index (κ2) is 14.2. The van der Waals surface area contributed by atoms with Crippen molar-refractivity contribution in [3.05, 3.63) is 175 Å². The van der Waals surface area contributed by atoms with E-state index in [1.807, 2.05) is 0 Å². The SMILES string of the molecule is c1ccc(P(Cc2cccc(CCNc3ccccc3P(c3ccccc3)c3ccccc3)n2)c2ccccc2)cc1. The summed E-state index contributed by atoms with van der Waals surface area (Å²) in [7, 11) is -1.19. The number of anilines is 1. The Kier molecular flexibility index (Phi) is 9.48. The molecule has 1 N–H and O–H groups in total. The molecule has 4 heteroatoms. The van der Waals surface area contributed by atoms with Gasteiger partial charge in [-0.05, 0) is 55.3 Å². The average molecular weight is 581 g/mol. The van der Waals surface area contributed by atoms with Gasteiger partial charge >= 0.3 is 0 Å². The summed E-state index contributed by atoms with van der Waals surface area (Å²) < 4.78 is 0. The van der Waals surface area contributed by atoms with Gasteiger partial charge in [0, 0.05) is 41.5 Å². The third-order valence-electron chi connectivity index (χ3n) is 7.19. The van der Waals surface area contributed by atoms with Gasteiger partial charge in [-0.2, -0.15) is 0 Å². The molecule has 6 aromatic rings. The second-order valence-corrected chi connectivity index (χ2v) is 14.5. The number of para-hydroxylation sites is 1. The second-order valence-electron chi connectivity index (χ2n) is 10.1. The summed E-state index contributed by atoms with van der Waals surface area (Å²) in [5, 5.41) is 10.6. The average Bonchev–Trinajstić information content (AvgIpc) is 3.06. The van der Waals surface area contributed by atoms with Crippen molar-refractivity contribution < 1.29 is 0 Å². The Morgan fingerprint density at radius 2 is 0.929 bits per heavy atom. The third-order valence-corrected chi connectivity index (χ3v) is 12.2. The lowest BCUT2D eigenvalue weighted by Gasteiger charge is -2.23. The van der Waals surface area contributed by atoms with Crippen LogP contribution in [0, 0.1) is 0 Å². The van der Waals surface area contributed by atoms with Gasteiger partial charge in [0.15, 0.2) is 0 Å². The van der Waals surface area contributed by atoms with Gasteiger partial charge < -0.3 is 5.32 Å². The van der Waals surface area contributed by atoms with Gasteiger partial charge in [0.05, 0.1) is 0 Å². The van der Waals surface area contributed by atoms with Crippen LogP contribution in [0.25, 0.3) is 0 Å². The van der Waals surface area contributed by atoms with E-state index in [9.17, 15) is 0 Å². The molecule has 0 bridgehead atoms. The van der Waals surface area contributed by atoms with Gasteiger partial charge in [0.2, 0.25) is 0 Å². The zero-order valence-electron chi connectivity index (χ0n) is 23.6. The quantitative estimate of drug-likeness (QED) is 0.165. The lowest BCUT2D eigenvalue weighted by atomic mass is 10.2. The first-order chi connectivity index (χ1) is 20.8. The van der Waals surface area contributed by atoms with E-state index in [4.69, 9.17) is 4.98 Å². The highest BCUT2D eigenvalue weighted by Crippen LogP contribution is 2.37. The Morgan fingerprint density at radius 3 is 1.50 bits per heavy atom. The van der Waals surface area contributed by atoms with E-state index in [1.54, 1.807) is 0 Å². The van der Waals surface area contributed by atoms with Crippen LogP contribution in [0.2, 0.25) is 0 Å². The Balaban J connectivity index is 1.19. The molecule has 206 valence electrons. The fourth-order valence-corrected chi connectivity index (χ4v) is 9.84. The van der Waals surface area contributed by atoms with Crippen LogP contribution in [0.4, 0.5) is 5.69 Å². The molecular formula is C38H34N2P2. The number of hydrogen-bond donors (Lipinski definition) is 1. The van der Waals surface area contributed by atoms with Crippen molar-refractivity contribution in [3.8, 4) is 0 Å². The van der Waals surface area contributed by atoms with Gasteiger partial charge in [-0.3, -0.25) is 4.98 Å². The molecule has 2 nitrogen and oxygen atoms in total. The molecule has 42 heavy (non-hydrogen) atoms. The predicted octanol–water partition coefficient (Wildman–Crippen LogP) is 7.13. The molecule has 0 aliphatic carbocycles. The summed E-state index contributed by atoms with van der Waals surface area (Å²) in [6.45, 7) is 0.826. The molecular weight excluding hydrogens is 546 g/mol. The van der Waals surface area contributed by atoms with Crippen molar-refractivity contribution in [1.82, 2.24) is 4.98 Å². The van der Waals surface area contributed by atoms with E-state index in [0.29, 0.717) is 0 Å². The van der Waals surface area contributed by atoms with E-state index in [2.05, 4.69) is 169 Å².